The quantitative estimate of drug-likeness (QED) is 0.469. The van der Waals surface area contributed by atoms with E-state index in [9.17, 15) is 9.59 Å². The molecule has 0 radical (unpaired) electrons. The Kier molecular flexibility index (Phi) is 3.01. The van der Waals surface area contributed by atoms with Gasteiger partial charge in [-0.05, 0) is 12.8 Å². The van der Waals surface area contributed by atoms with Crippen LogP contribution in [0.4, 0.5) is 0 Å². The Bertz CT molecular complexity index is 276. The normalized spacial score (nSPS) is 21.5. The summed E-state index contributed by atoms with van der Waals surface area (Å²) in [7, 11) is 0. The zero-order valence-electron chi connectivity index (χ0n) is 8.49. The van der Waals surface area contributed by atoms with Crippen LogP contribution in [-0.4, -0.2) is 45.9 Å². The van der Waals surface area contributed by atoms with E-state index in [-0.39, 0.29) is 26.1 Å². The van der Waals surface area contributed by atoms with Crippen molar-refractivity contribution in [3.8, 4) is 0 Å². The van der Waals surface area contributed by atoms with E-state index >= 15 is 0 Å². The molecule has 1 saturated carbocycles. The molecule has 86 valence electrons. The molecule has 1 fully saturated rings. The zero-order chi connectivity index (χ0) is 11.7. The second-order valence-corrected chi connectivity index (χ2v) is 4.24. The van der Waals surface area contributed by atoms with Gasteiger partial charge in [0.05, 0.1) is 13.2 Å². The number of aliphatic hydroxyl groups is 2. The third kappa shape index (κ3) is 1.95. The summed E-state index contributed by atoms with van der Waals surface area (Å²) >= 11 is 0. The molecule has 0 atom stereocenters. The van der Waals surface area contributed by atoms with Crippen LogP contribution in [0, 0.1) is 5.41 Å². The van der Waals surface area contributed by atoms with Gasteiger partial charge in [-0.3, -0.25) is 4.79 Å². The molecule has 1 rings (SSSR count). The van der Waals surface area contributed by atoms with E-state index in [2.05, 4.69) is 5.32 Å². The highest BCUT2D eigenvalue weighted by atomic mass is 16.4. The summed E-state index contributed by atoms with van der Waals surface area (Å²) < 4.78 is 0. The lowest BCUT2D eigenvalue weighted by atomic mass is 9.57. The molecular weight excluding hydrogens is 202 g/mol. The molecule has 1 aliphatic carbocycles. The first-order valence-corrected chi connectivity index (χ1v) is 4.64. The fourth-order valence-electron chi connectivity index (χ4n) is 2.13. The molecule has 0 aromatic carbocycles. The SMILES string of the molecule is CC(=O)NC1(C(=O)O)CC(CO)(CO)C1. The van der Waals surface area contributed by atoms with Gasteiger partial charge in [-0.25, -0.2) is 4.79 Å². The van der Waals surface area contributed by atoms with Gasteiger partial charge in [-0.2, -0.15) is 0 Å². The fraction of sp³-hybridized carbons (Fsp3) is 0.778. The van der Waals surface area contributed by atoms with E-state index in [1.54, 1.807) is 0 Å². The molecule has 0 aromatic heterocycles. The van der Waals surface area contributed by atoms with Gasteiger partial charge in [0, 0.05) is 12.3 Å². The maximum absolute atomic E-state index is 11.0. The number of hydrogen-bond donors (Lipinski definition) is 4. The Morgan fingerprint density at radius 1 is 1.27 bits per heavy atom. The number of amides is 1. The predicted octanol–water partition coefficient (Wildman–Crippen LogP) is -1.29. The second kappa shape index (κ2) is 3.79. The van der Waals surface area contributed by atoms with Gasteiger partial charge in [0.2, 0.25) is 5.91 Å². The molecule has 0 aliphatic heterocycles. The third-order valence-electron chi connectivity index (χ3n) is 2.85. The molecule has 0 aromatic rings. The minimum absolute atomic E-state index is 0.0575. The van der Waals surface area contributed by atoms with Crippen molar-refractivity contribution in [1.29, 1.82) is 0 Å². The maximum atomic E-state index is 11.0. The van der Waals surface area contributed by atoms with Gasteiger partial charge in [-0.1, -0.05) is 0 Å². The van der Waals surface area contributed by atoms with Crippen LogP contribution in [0.5, 0.6) is 0 Å². The van der Waals surface area contributed by atoms with Crippen molar-refractivity contribution in [2.45, 2.75) is 25.3 Å². The lowest BCUT2D eigenvalue weighted by Crippen LogP contribution is -2.68. The first-order valence-electron chi connectivity index (χ1n) is 4.64. The Hall–Kier alpha value is -1.14. The fourth-order valence-corrected chi connectivity index (χ4v) is 2.13. The highest BCUT2D eigenvalue weighted by Crippen LogP contribution is 2.48. The zero-order valence-corrected chi connectivity index (χ0v) is 8.49. The standard InChI is InChI=1S/C9H15NO5/c1-6(13)10-9(7(14)15)2-8(3-9,4-11)5-12/h11-12H,2-5H2,1H3,(H,10,13)(H,14,15). The molecule has 15 heavy (non-hydrogen) atoms. The number of carboxylic acids is 1. The van der Waals surface area contributed by atoms with Gasteiger partial charge < -0.3 is 20.6 Å². The molecule has 4 N–H and O–H groups in total. The van der Waals surface area contributed by atoms with E-state index in [1.807, 2.05) is 0 Å². The van der Waals surface area contributed by atoms with E-state index in [4.69, 9.17) is 15.3 Å². The molecule has 1 amide bonds. The molecular formula is C9H15NO5. The summed E-state index contributed by atoms with van der Waals surface area (Å²) in [5, 5.41) is 29.4. The van der Waals surface area contributed by atoms with Crippen LogP contribution in [0.25, 0.3) is 0 Å². The lowest BCUT2D eigenvalue weighted by Gasteiger charge is -2.52. The van der Waals surface area contributed by atoms with Crippen LogP contribution in [-0.2, 0) is 9.59 Å². The maximum Gasteiger partial charge on any atom is 0.329 e. The summed E-state index contributed by atoms with van der Waals surface area (Å²) in [6.45, 7) is 0.679. The van der Waals surface area contributed by atoms with Crippen LogP contribution < -0.4 is 5.32 Å². The molecule has 0 unspecified atom stereocenters. The number of hydrogen-bond acceptors (Lipinski definition) is 4. The number of rotatable bonds is 4. The number of aliphatic hydroxyl groups excluding tert-OH is 2. The van der Waals surface area contributed by atoms with Crippen molar-refractivity contribution >= 4 is 11.9 Å². The van der Waals surface area contributed by atoms with E-state index in [1.165, 1.54) is 6.92 Å². The van der Waals surface area contributed by atoms with Crippen molar-refractivity contribution in [2.75, 3.05) is 13.2 Å². The number of nitrogens with one attached hydrogen (secondary N) is 1. The van der Waals surface area contributed by atoms with Crippen molar-refractivity contribution in [3.05, 3.63) is 0 Å². The minimum atomic E-state index is -1.32. The molecule has 0 heterocycles. The average molecular weight is 217 g/mol. The largest absolute Gasteiger partial charge is 0.480 e. The Labute approximate surface area is 86.9 Å². The van der Waals surface area contributed by atoms with E-state index in [0.717, 1.165) is 0 Å². The van der Waals surface area contributed by atoms with Crippen molar-refractivity contribution in [1.82, 2.24) is 5.32 Å². The first-order chi connectivity index (χ1) is 6.90. The minimum Gasteiger partial charge on any atom is -0.480 e. The van der Waals surface area contributed by atoms with Crippen LogP contribution in [0.1, 0.15) is 19.8 Å². The summed E-state index contributed by atoms with van der Waals surface area (Å²) in [4.78, 5) is 21.8. The average Bonchev–Trinajstić information content (AvgIpc) is 2.09. The highest BCUT2D eigenvalue weighted by molar-refractivity contribution is 5.87. The van der Waals surface area contributed by atoms with Crippen molar-refractivity contribution in [3.63, 3.8) is 0 Å². The Morgan fingerprint density at radius 2 is 1.73 bits per heavy atom. The first kappa shape index (κ1) is 11.9. The Morgan fingerprint density at radius 3 is 2.00 bits per heavy atom. The highest BCUT2D eigenvalue weighted by Gasteiger charge is 2.59. The topological polar surface area (TPSA) is 107 Å². The van der Waals surface area contributed by atoms with Gasteiger partial charge in [-0.15, -0.1) is 0 Å². The summed E-state index contributed by atoms with van der Waals surface area (Å²) in [6, 6.07) is 0. The van der Waals surface area contributed by atoms with Crippen LogP contribution in [0.2, 0.25) is 0 Å². The lowest BCUT2D eigenvalue weighted by molar-refractivity contribution is -0.165. The van der Waals surface area contributed by atoms with Gasteiger partial charge in [0.15, 0.2) is 0 Å². The number of aliphatic carboxylic acids is 1. The van der Waals surface area contributed by atoms with Crippen LogP contribution in [0.15, 0.2) is 0 Å². The molecule has 1 aliphatic rings. The summed E-state index contributed by atoms with van der Waals surface area (Å²) in [6.07, 6.45) is 0.115. The van der Waals surface area contributed by atoms with Crippen LogP contribution in [0.3, 0.4) is 0 Å². The monoisotopic (exact) mass is 217 g/mol. The predicted molar refractivity (Wildman–Crippen MR) is 50.0 cm³/mol. The molecule has 0 bridgehead atoms. The molecule has 0 spiro atoms. The second-order valence-electron chi connectivity index (χ2n) is 4.24. The third-order valence-corrected chi connectivity index (χ3v) is 2.85. The smallest absolute Gasteiger partial charge is 0.329 e. The van der Waals surface area contributed by atoms with Crippen molar-refractivity contribution in [2.24, 2.45) is 5.41 Å². The van der Waals surface area contributed by atoms with E-state index in [0.29, 0.717) is 0 Å². The number of carbonyl (C=O) groups excluding carboxylic acids is 1. The van der Waals surface area contributed by atoms with Gasteiger partial charge >= 0.3 is 5.97 Å². The van der Waals surface area contributed by atoms with Crippen molar-refractivity contribution < 1.29 is 24.9 Å². The van der Waals surface area contributed by atoms with E-state index < -0.39 is 22.8 Å². The summed E-state index contributed by atoms with van der Waals surface area (Å²) in [5.41, 5.74) is -2.10. The number of carboxylic acid groups (broad SMARTS) is 1. The van der Waals surface area contributed by atoms with Gasteiger partial charge in [0.25, 0.3) is 0 Å². The number of carbonyl (C=O) groups is 2. The van der Waals surface area contributed by atoms with Gasteiger partial charge in [0.1, 0.15) is 5.54 Å². The molecule has 6 heteroatoms. The summed E-state index contributed by atoms with van der Waals surface area (Å²) in [5.74, 6) is -1.56. The molecule has 0 saturated heterocycles. The van der Waals surface area contributed by atoms with Crippen LogP contribution >= 0.6 is 0 Å². The Balaban J connectivity index is 2.75. The molecule has 6 nitrogen and oxygen atoms in total.